The maximum atomic E-state index is 13.2. The lowest BCUT2D eigenvalue weighted by Crippen LogP contribution is -2.27. The quantitative estimate of drug-likeness (QED) is 0.839. The van der Waals surface area contributed by atoms with Crippen molar-refractivity contribution >= 4 is 29.2 Å². The van der Waals surface area contributed by atoms with Gasteiger partial charge in [-0.2, -0.15) is 0 Å². The van der Waals surface area contributed by atoms with E-state index in [4.69, 9.17) is 28.3 Å². The van der Waals surface area contributed by atoms with E-state index >= 15 is 0 Å². The number of rotatable bonds is 2. The van der Waals surface area contributed by atoms with E-state index < -0.39 is 23.7 Å². The van der Waals surface area contributed by atoms with Crippen LogP contribution in [-0.2, 0) is 10.2 Å². The van der Waals surface area contributed by atoms with Crippen molar-refractivity contribution in [3.63, 3.8) is 0 Å². The average molecular weight is 268 g/mol. The van der Waals surface area contributed by atoms with Gasteiger partial charge in [-0.3, -0.25) is 4.79 Å². The molecule has 0 radical (unpaired) electrons. The molecule has 0 spiro atoms. The number of alkyl halides is 2. The first-order chi connectivity index (χ1) is 7.31. The monoisotopic (exact) mass is 267 g/mol. The predicted octanol–water partition coefficient (Wildman–Crippen LogP) is 2.75. The summed E-state index contributed by atoms with van der Waals surface area (Å²) < 4.78 is 26.3. The summed E-state index contributed by atoms with van der Waals surface area (Å²) in [5.41, 5.74) is -2.45. The molecule has 0 aliphatic heterocycles. The molecule has 0 saturated heterocycles. The molecule has 3 nitrogen and oxygen atoms in total. The fourth-order valence-corrected chi connectivity index (χ4v) is 2.16. The number of carbonyl (C=O) groups is 1. The number of hydrogen-bond acceptors (Lipinski definition) is 2. The van der Waals surface area contributed by atoms with Crippen LogP contribution in [0.1, 0.15) is 12.0 Å². The molecule has 1 aliphatic carbocycles. The van der Waals surface area contributed by atoms with E-state index in [2.05, 4.69) is 4.98 Å². The van der Waals surface area contributed by atoms with E-state index in [9.17, 15) is 13.6 Å². The van der Waals surface area contributed by atoms with E-state index in [0.717, 1.165) is 0 Å². The third kappa shape index (κ3) is 1.38. The molecule has 1 saturated carbocycles. The summed E-state index contributed by atoms with van der Waals surface area (Å²) in [5, 5.41) is 8.61. The zero-order valence-electron chi connectivity index (χ0n) is 7.68. The van der Waals surface area contributed by atoms with Crippen molar-refractivity contribution in [2.24, 2.45) is 0 Å². The Bertz CT molecular complexity index is 481. The van der Waals surface area contributed by atoms with Gasteiger partial charge in [0.05, 0.1) is 0 Å². The predicted molar refractivity (Wildman–Crippen MR) is 53.1 cm³/mol. The maximum absolute atomic E-state index is 13.2. The van der Waals surface area contributed by atoms with Crippen molar-refractivity contribution in [3.05, 3.63) is 28.0 Å². The number of carboxylic acids is 1. The fraction of sp³-hybridized carbons (Fsp3) is 0.333. The van der Waals surface area contributed by atoms with Gasteiger partial charge >= 0.3 is 5.97 Å². The fourth-order valence-electron chi connectivity index (χ4n) is 1.66. The van der Waals surface area contributed by atoms with Gasteiger partial charge in [-0.15, -0.1) is 0 Å². The molecule has 1 heterocycles. The Morgan fingerprint density at radius 1 is 1.44 bits per heavy atom. The molecule has 0 aromatic carbocycles. The maximum Gasteiger partial charge on any atom is 0.320 e. The normalized spacial score (nSPS) is 26.5. The molecule has 1 N–H and O–H groups in total. The lowest BCUT2D eigenvalue weighted by molar-refractivity contribution is -0.142. The third-order valence-corrected chi connectivity index (χ3v) is 3.12. The molecular formula is C9H5Cl2F2NO2. The number of pyridine rings is 1. The van der Waals surface area contributed by atoms with Crippen LogP contribution in [0.5, 0.6) is 0 Å². The molecule has 86 valence electrons. The van der Waals surface area contributed by atoms with Crippen LogP contribution in [0, 0.1) is 0 Å². The van der Waals surface area contributed by atoms with Gasteiger partial charge in [0.15, 0.2) is 5.41 Å². The van der Waals surface area contributed by atoms with Gasteiger partial charge in [0.1, 0.15) is 10.3 Å². The van der Waals surface area contributed by atoms with E-state index in [-0.39, 0.29) is 15.9 Å². The summed E-state index contributed by atoms with van der Waals surface area (Å²) in [6, 6.07) is 2.41. The number of nitrogens with zero attached hydrogens (tertiary/aromatic N) is 1. The van der Waals surface area contributed by atoms with Gasteiger partial charge in [-0.05, 0) is 6.07 Å². The highest BCUT2D eigenvalue weighted by Gasteiger charge is 2.78. The second-order valence-electron chi connectivity index (χ2n) is 3.56. The molecule has 1 unspecified atom stereocenters. The molecule has 1 aromatic rings. The lowest BCUT2D eigenvalue weighted by atomic mass is 9.97. The largest absolute Gasteiger partial charge is 0.480 e. The van der Waals surface area contributed by atoms with Crippen molar-refractivity contribution in [3.8, 4) is 0 Å². The second kappa shape index (κ2) is 3.28. The van der Waals surface area contributed by atoms with Crippen LogP contribution in [0.25, 0.3) is 0 Å². The van der Waals surface area contributed by atoms with E-state index in [0.29, 0.717) is 0 Å². The zero-order chi connectivity index (χ0) is 12.1. The molecule has 1 aromatic heterocycles. The minimum atomic E-state index is -3.29. The highest BCUT2D eigenvalue weighted by Crippen LogP contribution is 2.62. The number of aromatic nitrogens is 1. The summed E-state index contributed by atoms with van der Waals surface area (Å²) in [6.45, 7) is 0. The van der Waals surface area contributed by atoms with Gasteiger partial charge in [0.2, 0.25) is 0 Å². The Kier molecular flexibility index (Phi) is 2.36. The minimum Gasteiger partial charge on any atom is -0.480 e. The summed E-state index contributed by atoms with van der Waals surface area (Å²) >= 11 is 11.1. The summed E-state index contributed by atoms with van der Waals surface area (Å²) in [5.74, 6) is -4.90. The van der Waals surface area contributed by atoms with Crippen LogP contribution < -0.4 is 0 Å². The number of hydrogen-bond donors (Lipinski definition) is 1. The van der Waals surface area contributed by atoms with Crippen molar-refractivity contribution in [2.45, 2.75) is 17.8 Å². The zero-order valence-corrected chi connectivity index (χ0v) is 9.19. The van der Waals surface area contributed by atoms with Crippen molar-refractivity contribution < 1.29 is 18.7 Å². The Labute approximate surface area is 99.0 Å². The van der Waals surface area contributed by atoms with Gasteiger partial charge in [-0.25, -0.2) is 13.8 Å². The second-order valence-corrected chi connectivity index (χ2v) is 4.31. The molecule has 1 aliphatic rings. The molecular weight excluding hydrogens is 263 g/mol. The molecule has 0 amide bonds. The first-order valence-corrected chi connectivity index (χ1v) is 5.00. The molecule has 7 heteroatoms. The van der Waals surface area contributed by atoms with Gasteiger partial charge in [0.25, 0.3) is 5.92 Å². The molecule has 1 atom stereocenters. The van der Waals surface area contributed by atoms with Gasteiger partial charge < -0.3 is 5.11 Å². The van der Waals surface area contributed by atoms with Crippen LogP contribution in [0.2, 0.25) is 10.3 Å². The Hall–Kier alpha value is -0.940. The molecule has 16 heavy (non-hydrogen) atoms. The van der Waals surface area contributed by atoms with Crippen molar-refractivity contribution in [1.82, 2.24) is 4.98 Å². The summed E-state index contributed by atoms with van der Waals surface area (Å²) in [4.78, 5) is 14.5. The van der Waals surface area contributed by atoms with Crippen LogP contribution in [-0.4, -0.2) is 22.0 Å². The van der Waals surface area contributed by atoms with Crippen LogP contribution in [0.4, 0.5) is 8.78 Å². The standard InChI is InChI=1S/C9H5Cl2F2NO2/c10-5-2-1-4(6(11)14-5)8(7(15)16)3-9(8,12)13/h1-2H,3H2,(H,15,16). The summed E-state index contributed by atoms with van der Waals surface area (Å²) in [6.07, 6.45) is -0.766. The SMILES string of the molecule is O=C(O)C1(c2ccc(Cl)nc2Cl)CC1(F)F. The van der Waals surface area contributed by atoms with Crippen molar-refractivity contribution in [1.29, 1.82) is 0 Å². The van der Waals surface area contributed by atoms with Crippen LogP contribution in [0.3, 0.4) is 0 Å². The van der Waals surface area contributed by atoms with E-state index in [1.165, 1.54) is 12.1 Å². The average Bonchev–Trinajstić information content (AvgIpc) is 2.70. The first kappa shape index (κ1) is 11.5. The highest BCUT2D eigenvalue weighted by molar-refractivity contribution is 6.33. The number of aliphatic carboxylic acids is 1. The van der Waals surface area contributed by atoms with E-state index in [1.807, 2.05) is 0 Å². The van der Waals surface area contributed by atoms with Gasteiger partial charge in [0, 0.05) is 12.0 Å². The van der Waals surface area contributed by atoms with Crippen molar-refractivity contribution in [2.75, 3.05) is 0 Å². The summed E-state index contributed by atoms with van der Waals surface area (Å²) in [7, 11) is 0. The third-order valence-electron chi connectivity index (χ3n) is 2.63. The number of halogens is 4. The smallest absolute Gasteiger partial charge is 0.320 e. The highest BCUT2D eigenvalue weighted by atomic mass is 35.5. The Morgan fingerprint density at radius 3 is 2.38 bits per heavy atom. The number of carboxylic acid groups (broad SMARTS) is 1. The lowest BCUT2D eigenvalue weighted by Gasteiger charge is -2.12. The van der Waals surface area contributed by atoms with Crippen LogP contribution >= 0.6 is 23.2 Å². The molecule has 1 fully saturated rings. The topological polar surface area (TPSA) is 50.2 Å². The Balaban J connectivity index is 2.56. The first-order valence-electron chi connectivity index (χ1n) is 4.25. The van der Waals surface area contributed by atoms with E-state index in [1.54, 1.807) is 0 Å². The Morgan fingerprint density at radius 2 is 2.00 bits per heavy atom. The molecule has 2 rings (SSSR count). The van der Waals surface area contributed by atoms with Crippen LogP contribution in [0.15, 0.2) is 12.1 Å². The van der Waals surface area contributed by atoms with Gasteiger partial charge in [-0.1, -0.05) is 29.3 Å². The molecule has 0 bridgehead atoms. The minimum absolute atomic E-state index is 0.0262.